The van der Waals surface area contributed by atoms with Gasteiger partial charge in [0.1, 0.15) is 0 Å². The molecule has 96 valence electrons. The number of rotatable bonds is 4. The molecular formula is C11H13BrF3NO. The Morgan fingerprint density at radius 3 is 2.53 bits per heavy atom. The summed E-state index contributed by atoms with van der Waals surface area (Å²) in [5.41, 5.74) is -0.108. The van der Waals surface area contributed by atoms with Crippen molar-refractivity contribution in [2.24, 2.45) is 0 Å². The van der Waals surface area contributed by atoms with Crippen molar-refractivity contribution in [3.63, 3.8) is 0 Å². The quantitative estimate of drug-likeness (QED) is 0.924. The van der Waals surface area contributed by atoms with E-state index in [0.717, 1.165) is 6.07 Å². The van der Waals surface area contributed by atoms with Crippen LogP contribution in [-0.2, 0) is 12.7 Å². The van der Waals surface area contributed by atoms with Crippen LogP contribution in [0.2, 0.25) is 0 Å². The van der Waals surface area contributed by atoms with E-state index in [0.29, 0.717) is 18.7 Å². The summed E-state index contributed by atoms with van der Waals surface area (Å²) in [5, 5.41) is 8.71. The smallest absolute Gasteiger partial charge is 0.395 e. The Kier molecular flexibility index (Phi) is 4.97. The Morgan fingerprint density at radius 2 is 2.00 bits per heavy atom. The van der Waals surface area contributed by atoms with Gasteiger partial charge in [0.05, 0.1) is 12.2 Å². The van der Waals surface area contributed by atoms with Gasteiger partial charge in [-0.3, -0.25) is 4.90 Å². The van der Waals surface area contributed by atoms with Gasteiger partial charge >= 0.3 is 6.18 Å². The van der Waals surface area contributed by atoms with Crippen LogP contribution in [0.25, 0.3) is 0 Å². The van der Waals surface area contributed by atoms with Crippen LogP contribution in [0.5, 0.6) is 0 Å². The molecule has 0 aliphatic carbocycles. The van der Waals surface area contributed by atoms with E-state index in [9.17, 15) is 13.2 Å². The molecule has 0 amide bonds. The third-order valence-electron chi connectivity index (χ3n) is 2.27. The normalized spacial score (nSPS) is 12.2. The van der Waals surface area contributed by atoms with Crippen LogP contribution in [0.4, 0.5) is 13.2 Å². The molecule has 0 saturated carbocycles. The molecule has 0 fully saturated rings. The van der Waals surface area contributed by atoms with Crippen LogP contribution in [0.1, 0.15) is 11.1 Å². The van der Waals surface area contributed by atoms with Crippen molar-refractivity contribution in [1.82, 2.24) is 4.90 Å². The molecule has 0 heterocycles. The fourth-order valence-electron chi connectivity index (χ4n) is 1.45. The summed E-state index contributed by atoms with van der Waals surface area (Å²) in [6.07, 6.45) is -4.36. The first-order valence-electron chi connectivity index (χ1n) is 4.99. The van der Waals surface area contributed by atoms with Crippen molar-refractivity contribution in [2.75, 3.05) is 20.2 Å². The minimum absolute atomic E-state index is 0.0147. The van der Waals surface area contributed by atoms with Crippen molar-refractivity contribution in [3.8, 4) is 0 Å². The van der Waals surface area contributed by atoms with E-state index in [1.807, 2.05) is 0 Å². The number of halogens is 4. The average molecular weight is 312 g/mol. The monoisotopic (exact) mass is 311 g/mol. The average Bonchev–Trinajstić information content (AvgIpc) is 2.19. The predicted octanol–water partition coefficient (Wildman–Crippen LogP) is 2.89. The first-order chi connectivity index (χ1) is 7.84. The number of alkyl halides is 3. The molecule has 1 aromatic rings. The van der Waals surface area contributed by atoms with E-state index in [4.69, 9.17) is 5.11 Å². The van der Waals surface area contributed by atoms with Gasteiger partial charge in [-0.2, -0.15) is 13.2 Å². The molecule has 0 radical (unpaired) electrons. The highest BCUT2D eigenvalue weighted by atomic mass is 79.9. The Labute approximate surface area is 106 Å². The highest BCUT2D eigenvalue weighted by Crippen LogP contribution is 2.35. The number of nitrogens with zero attached hydrogens (tertiary/aromatic N) is 1. The molecule has 0 unspecified atom stereocenters. The summed E-state index contributed by atoms with van der Waals surface area (Å²) < 4.78 is 37.9. The molecule has 0 aliphatic rings. The van der Waals surface area contributed by atoms with E-state index in [1.54, 1.807) is 18.0 Å². The summed E-state index contributed by atoms with van der Waals surface area (Å²) in [6, 6.07) is 4.15. The molecule has 17 heavy (non-hydrogen) atoms. The second-order valence-electron chi connectivity index (χ2n) is 3.77. The van der Waals surface area contributed by atoms with E-state index in [2.05, 4.69) is 15.9 Å². The van der Waals surface area contributed by atoms with Crippen molar-refractivity contribution in [2.45, 2.75) is 12.7 Å². The topological polar surface area (TPSA) is 23.5 Å². The number of aliphatic hydroxyl groups excluding tert-OH is 1. The number of likely N-dealkylation sites (N-methyl/N-ethyl adjacent to an activating group) is 1. The van der Waals surface area contributed by atoms with Gasteiger partial charge in [0.25, 0.3) is 0 Å². The fraction of sp³-hybridized carbons (Fsp3) is 0.455. The van der Waals surface area contributed by atoms with Crippen LogP contribution in [0.3, 0.4) is 0 Å². The van der Waals surface area contributed by atoms with Crippen LogP contribution in [0.15, 0.2) is 22.7 Å². The van der Waals surface area contributed by atoms with Crippen LogP contribution < -0.4 is 0 Å². The first kappa shape index (κ1) is 14.5. The van der Waals surface area contributed by atoms with Crippen molar-refractivity contribution >= 4 is 15.9 Å². The van der Waals surface area contributed by atoms with Gasteiger partial charge < -0.3 is 5.11 Å². The van der Waals surface area contributed by atoms with E-state index >= 15 is 0 Å². The molecule has 1 rings (SSSR count). The first-order valence-corrected chi connectivity index (χ1v) is 5.79. The molecule has 0 aromatic heterocycles. The minimum Gasteiger partial charge on any atom is -0.395 e. The van der Waals surface area contributed by atoms with E-state index in [-0.39, 0.29) is 11.1 Å². The van der Waals surface area contributed by atoms with Gasteiger partial charge in [-0.15, -0.1) is 0 Å². The molecule has 0 atom stereocenters. The SMILES string of the molecule is CN(CCO)Cc1ccc(Br)c(C(F)(F)F)c1. The second-order valence-corrected chi connectivity index (χ2v) is 4.63. The third kappa shape index (κ3) is 4.29. The highest BCUT2D eigenvalue weighted by molar-refractivity contribution is 9.10. The maximum atomic E-state index is 12.6. The zero-order valence-corrected chi connectivity index (χ0v) is 10.8. The number of benzene rings is 1. The molecule has 1 aromatic carbocycles. The van der Waals surface area contributed by atoms with Crippen LogP contribution in [0, 0.1) is 0 Å². The summed E-state index contributed by atoms with van der Waals surface area (Å²) in [7, 11) is 1.74. The van der Waals surface area contributed by atoms with Gasteiger partial charge in [-0.25, -0.2) is 0 Å². The zero-order valence-electron chi connectivity index (χ0n) is 9.26. The highest BCUT2D eigenvalue weighted by Gasteiger charge is 2.33. The molecule has 0 spiro atoms. The van der Waals surface area contributed by atoms with Gasteiger partial charge in [0.15, 0.2) is 0 Å². The summed E-state index contributed by atoms with van der Waals surface area (Å²) in [4.78, 5) is 1.75. The van der Waals surface area contributed by atoms with Crippen LogP contribution in [-0.4, -0.2) is 30.2 Å². The standard InChI is InChI=1S/C11H13BrF3NO/c1-16(4-5-17)7-8-2-3-10(12)9(6-8)11(13,14)15/h2-3,6,17H,4-5,7H2,1H3. The molecule has 0 bridgehead atoms. The second kappa shape index (κ2) is 5.84. The molecule has 0 aliphatic heterocycles. The van der Waals surface area contributed by atoms with Gasteiger partial charge in [0, 0.05) is 17.6 Å². The van der Waals surface area contributed by atoms with Crippen molar-refractivity contribution < 1.29 is 18.3 Å². The Bertz CT molecular complexity index is 381. The lowest BCUT2D eigenvalue weighted by molar-refractivity contribution is -0.138. The molecule has 0 saturated heterocycles. The Hall–Kier alpha value is -0.590. The lowest BCUT2D eigenvalue weighted by Crippen LogP contribution is -2.21. The minimum atomic E-state index is -4.36. The predicted molar refractivity (Wildman–Crippen MR) is 62.6 cm³/mol. The number of hydrogen-bond donors (Lipinski definition) is 1. The fourth-order valence-corrected chi connectivity index (χ4v) is 1.92. The maximum Gasteiger partial charge on any atom is 0.417 e. The van der Waals surface area contributed by atoms with E-state index < -0.39 is 11.7 Å². The lowest BCUT2D eigenvalue weighted by atomic mass is 10.1. The van der Waals surface area contributed by atoms with Gasteiger partial charge in [-0.1, -0.05) is 22.0 Å². The van der Waals surface area contributed by atoms with Gasteiger partial charge in [0.2, 0.25) is 0 Å². The van der Waals surface area contributed by atoms with E-state index in [1.165, 1.54) is 6.07 Å². The summed E-state index contributed by atoms with van der Waals surface area (Å²) >= 11 is 2.89. The van der Waals surface area contributed by atoms with Gasteiger partial charge in [-0.05, 0) is 24.7 Å². The Morgan fingerprint density at radius 1 is 1.35 bits per heavy atom. The Balaban J connectivity index is 2.89. The van der Waals surface area contributed by atoms with Crippen molar-refractivity contribution in [3.05, 3.63) is 33.8 Å². The van der Waals surface area contributed by atoms with Crippen LogP contribution >= 0.6 is 15.9 Å². The lowest BCUT2D eigenvalue weighted by Gasteiger charge is -2.17. The molecule has 6 heteroatoms. The molecule has 1 N–H and O–H groups in total. The summed E-state index contributed by atoms with van der Waals surface area (Å²) in [6.45, 7) is 0.785. The number of hydrogen-bond acceptors (Lipinski definition) is 2. The summed E-state index contributed by atoms with van der Waals surface area (Å²) in [5.74, 6) is 0. The maximum absolute atomic E-state index is 12.6. The molecular weight excluding hydrogens is 299 g/mol. The molecule has 2 nitrogen and oxygen atoms in total. The zero-order chi connectivity index (χ0) is 13.1. The third-order valence-corrected chi connectivity index (χ3v) is 2.96. The number of aliphatic hydroxyl groups is 1. The van der Waals surface area contributed by atoms with Crippen molar-refractivity contribution in [1.29, 1.82) is 0 Å². The largest absolute Gasteiger partial charge is 0.417 e.